The Hall–Kier alpha value is -2.33. The van der Waals surface area contributed by atoms with E-state index in [-0.39, 0.29) is 11.9 Å². The van der Waals surface area contributed by atoms with Crippen LogP contribution in [0.15, 0.2) is 66.3 Å². The Kier molecular flexibility index (Phi) is 13.2. The first-order chi connectivity index (χ1) is 25.0. The zero-order valence-electron chi connectivity index (χ0n) is 33.2. The molecule has 0 aromatic heterocycles. The molecule has 0 bridgehead atoms. The highest BCUT2D eigenvalue weighted by atomic mass is 79.9. The fourth-order valence-electron chi connectivity index (χ4n) is 11.3. The smallest absolute Gasteiger partial charge is 0.185 e. The monoisotopic (exact) mass is 770 g/mol. The molecule has 2 aromatic carbocycles. The average Bonchev–Trinajstić information content (AvgIpc) is 3.48. The lowest BCUT2D eigenvalue weighted by Gasteiger charge is -2.58. The van der Waals surface area contributed by atoms with Gasteiger partial charge in [0.25, 0.3) is 0 Å². The van der Waals surface area contributed by atoms with Crippen molar-refractivity contribution in [2.24, 2.45) is 46.3 Å². The highest BCUT2D eigenvalue weighted by molar-refractivity contribution is 9.09. The zero-order chi connectivity index (χ0) is 36.9. The maximum atomic E-state index is 13.0. The first-order valence-electron chi connectivity index (χ1n) is 21.0. The van der Waals surface area contributed by atoms with Crippen LogP contribution in [0.4, 0.5) is 0 Å². The van der Waals surface area contributed by atoms with Crippen molar-refractivity contribution >= 4 is 27.8 Å². The Labute approximate surface area is 324 Å². The molecule has 0 heterocycles. The van der Waals surface area contributed by atoms with Crippen LogP contribution in [0.2, 0.25) is 0 Å². The zero-order valence-corrected chi connectivity index (χ0v) is 34.8. The van der Waals surface area contributed by atoms with Gasteiger partial charge >= 0.3 is 0 Å². The summed E-state index contributed by atoms with van der Waals surface area (Å²) in [6.45, 7) is 15.6. The number of ketones is 1. The molecular formula is C48H67BrO3. The second kappa shape index (κ2) is 17.4. The lowest BCUT2D eigenvalue weighted by atomic mass is 9.47. The Morgan fingerprint density at radius 2 is 1.60 bits per heavy atom. The molecule has 6 rings (SSSR count). The standard InChI is InChI=1S/C48H67BrO3/c1-33(2)10-9-11-34(3)43-24-25-44-42-23-18-38-32-41(27-29-47(38,5)45(42)28-30-48(43,44)6)52-40-21-16-37(17-22-40)46(50)26-15-36-13-19-39(20-14-36)51-31-8-7-12-35(4)49/h13-22,26,33-35,41-45H,7-12,23-25,27-32H2,1-6H3/t34-,35?,41?,42?,43-,44?,45?,47+,48-/m1/s1. The van der Waals surface area contributed by atoms with Gasteiger partial charge in [-0.3, -0.25) is 4.79 Å². The molecule has 284 valence electrons. The average molecular weight is 772 g/mol. The lowest BCUT2D eigenvalue weighted by molar-refractivity contribution is -0.0559. The van der Waals surface area contributed by atoms with E-state index in [1.807, 2.05) is 54.6 Å². The van der Waals surface area contributed by atoms with E-state index in [0.29, 0.717) is 21.2 Å². The maximum absolute atomic E-state index is 13.0. The van der Waals surface area contributed by atoms with Crippen molar-refractivity contribution in [2.45, 2.75) is 142 Å². The van der Waals surface area contributed by atoms with E-state index < -0.39 is 0 Å². The van der Waals surface area contributed by atoms with Gasteiger partial charge in [0, 0.05) is 16.8 Å². The lowest BCUT2D eigenvalue weighted by Crippen LogP contribution is -2.51. The molecule has 0 saturated heterocycles. The fourth-order valence-corrected chi connectivity index (χ4v) is 11.6. The summed E-state index contributed by atoms with van der Waals surface area (Å²) in [7, 11) is 0. The van der Waals surface area contributed by atoms with Gasteiger partial charge in [0.15, 0.2) is 5.78 Å². The fraction of sp³-hybridized carbons (Fsp3) is 0.646. The highest BCUT2D eigenvalue weighted by Gasteiger charge is 2.59. The van der Waals surface area contributed by atoms with Crippen LogP contribution in [0.3, 0.4) is 0 Å². The van der Waals surface area contributed by atoms with Crippen LogP contribution in [0, 0.1) is 46.3 Å². The molecule has 0 aliphatic heterocycles. The van der Waals surface area contributed by atoms with E-state index in [0.717, 1.165) is 91.3 Å². The highest BCUT2D eigenvalue weighted by Crippen LogP contribution is 2.67. The molecule has 2 aromatic rings. The Morgan fingerprint density at radius 3 is 2.33 bits per heavy atom. The molecule has 3 fully saturated rings. The number of carbonyl (C=O) groups excluding carboxylic acids is 1. The second-order valence-electron chi connectivity index (χ2n) is 18.2. The molecular weight excluding hydrogens is 704 g/mol. The molecule has 4 heteroatoms. The van der Waals surface area contributed by atoms with Crippen molar-refractivity contribution in [3.05, 3.63) is 77.4 Å². The summed E-state index contributed by atoms with van der Waals surface area (Å²) in [6.07, 6.45) is 24.4. The summed E-state index contributed by atoms with van der Waals surface area (Å²) in [5, 5.41) is 0. The van der Waals surface area contributed by atoms with E-state index in [1.54, 1.807) is 11.6 Å². The van der Waals surface area contributed by atoms with Gasteiger partial charge in [-0.15, -0.1) is 0 Å². The summed E-state index contributed by atoms with van der Waals surface area (Å²) >= 11 is 3.60. The minimum absolute atomic E-state index is 0.000919. The van der Waals surface area contributed by atoms with Gasteiger partial charge < -0.3 is 9.47 Å². The van der Waals surface area contributed by atoms with Crippen molar-refractivity contribution < 1.29 is 14.3 Å². The number of fused-ring (bicyclic) bond motifs is 5. The molecule has 4 aliphatic carbocycles. The Balaban J connectivity index is 0.990. The predicted molar refractivity (Wildman–Crippen MR) is 221 cm³/mol. The normalized spacial score (nSPS) is 31.0. The largest absolute Gasteiger partial charge is 0.494 e. The molecule has 9 atom stereocenters. The minimum Gasteiger partial charge on any atom is -0.494 e. The van der Waals surface area contributed by atoms with Gasteiger partial charge in [0.2, 0.25) is 0 Å². The van der Waals surface area contributed by atoms with Crippen LogP contribution in [0.25, 0.3) is 6.08 Å². The number of hydrogen-bond donors (Lipinski definition) is 0. The van der Waals surface area contributed by atoms with Crippen molar-refractivity contribution in [3.8, 4) is 11.5 Å². The molecule has 3 saturated carbocycles. The third-order valence-corrected chi connectivity index (χ3v) is 14.7. The van der Waals surface area contributed by atoms with Gasteiger partial charge in [-0.2, -0.15) is 0 Å². The number of ether oxygens (including phenoxy) is 2. The van der Waals surface area contributed by atoms with E-state index in [2.05, 4.69) is 63.5 Å². The number of hydrogen-bond acceptors (Lipinski definition) is 3. The van der Waals surface area contributed by atoms with Gasteiger partial charge in [0.05, 0.1) is 6.61 Å². The van der Waals surface area contributed by atoms with E-state index in [1.165, 1.54) is 57.8 Å². The van der Waals surface area contributed by atoms with Crippen molar-refractivity contribution in [1.82, 2.24) is 0 Å². The number of halogens is 1. The SMILES string of the molecule is CC(C)CCC[C@@H](C)[C@H]1CCC2C3CC=C4CC(Oc5ccc(C(=O)C=Cc6ccc(OCCCCC(C)Br)cc6)cc5)CC[C@]4(C)C3CC[C@@]21C. The van der Waals surface area contributed by atoms with Crippen LogP contribution >= 0.6 is 15.9 Å². The second-order valence-corrected chi connectivity index (χ2v) is 19.8. The van der Waals surface area contributed by atoms with Gasteiger partial charge in [-0.05, 0) is 159 Å². The maximum Gasteiger partial charge on any atom is 0.185 e. The molecule has 5 unspecified atom stereocenters. The summed E-state index contributed by atoms with van der Waals surface area (Å²) in [6, 6.07) is 15.7. The van der Waals surface area contributed by atoms with E-state index >= 15 is 0 Å². The molecule has 0 radical (unpaired) electrons. The number of benzene rings is 2. The number of allylic oxidation sites excluding steroid dienone is 2. The number of rotatable bonds is 16. The summed E-state index contributed by atoms with van der Waals surface area (Å²) in [5.74, 6) is 6.93. The van der Waals surface area contributed by atoms with Gasteiger partial charge in [-0.1, -0.05) is 107 Å². The Morgan fingerprint density at radius 1 is 0.846 bits per heavy atom. The predicted octanol–water partition coefficient (Wildman–Crippen LogP) is 13.7. The Bertz CT molecular complexity index is 1520. The van der Waals surface area contributed by atoms with Crippen LogP contribution in [-0.2, 0) is 0 Å². The molecule has 3 nitrogen and oxygen atoms in total. The van der Waals surface area contributed by atoms with Crippen molar-refractivity contribution in [2.75, 3.05) is 6.61 Å². The van der Waals surface area contributed by atoms with Crippen molar-refractivity contribution in [1.29, 1.82) is 0 Å². The third-order valence-electron chi connectivity index (χ3n) is 14.3. The molecule has 0 amide bonds. The summed E-state index contributed by atoms with van der Waals surface area (Å²) in [5.41, 5.74) is 4.20. The van der Waals surface area contributed by atoms with Crippen LogP contribution in [-0.4, -0.2) is 23.3 Å². The van der Waals surface area contributed by atoms with Crippen molar-refractivity contribution in [3.63, 3.8) is 0 Å². The van der Waals surface area contributed by atoms with E-state index in [4.69, 9.17) is 9.47 Å². The van der Waals surface area contributed by atoms with E-state index in [9.17, 15) is 4.79 Å². The quantitative estimate of drug-likeness (QED) is 0.0561. The van der Waals surface area contributed by atoms with Gasteiger partial charge in [-0.25, -0.2) is 0 Å². The molecule has 0 spiro atoms. The molecule has 52 heavy (non-hydrogen) atoms. The number of carbonyl (C=O) groups is 1. The number of unbranched alkanes of at least 4 members (excludes halogenated alkanes) is 1. The number of alkyl halides is 1. The summed E-state index contributed by atoms with van der Waals surface area (Å²) in [4.78, 5) is 13.5. The minimum atomic E-state index is 0.000919. The topological polar surface area (TPSA) is 35.5 Å². The third kappa shape index (κ3) is 9.13. The van der Waals surface area contributed by atoms with Crippen LogP contribution < -0.4 is 9.47 Å². The van der Waals surface area contributed by atoms with Crippen LogP contribution in [0.1, 0.15) is 147 Å². The summed E-state index contributed by atoms with van der Waals surface area (Å²) < 4.78 is 12.5. The molecule has 4 aliphatic rings. The van der Waals surface area contributed by atoms with Crippen LogP contribution in [0.5, 0.6) is 11.5 Å². The molecule has 0 N–H and O–H groups in total. The first-order valence-corrected chi connectivity index (χ1v) is 21.9. The van der Waals surface area contributed by atoms with Gasteiger partial charge in [0.1, 0.15) is 17.6 Å². The first kappa shape index (κ1) is 39.4.